The van der Waals surface area contributed by atoms with Crippen LogP contribution in [0.5, 0.6) is 0 Å². The fourth-order valence-electron chi connectivity index (χ4n) is 2.98. The fraction of sp³-hybridized carbons (Fsp3) is 0.762. The molecule has 3 amide bonds. The number of carboxylic acid groups (broad SMARTS) is 1. The Kier molecular flexibility index (Phi) is 14.9. The molecule has 0 rings (SSSR count). The quantitative estimate of drug-likeness (QED) is 0.0777. The number of nitrogens with zero attached hydrogens (tertiary/aromatic N) is 1. The number of aliphatic carboxylic acids is 1. The average molecular weight is 504 g/mol. The summed E-state index contributed by atoms with van der Waals surface area (Å²) in [6.45, 7) is 7.30. The number of hydrogen-bond acceptors (Lipinski definition) is 7. The molecule has 0 fully saturated rings. The zero-order chi connectivity index (χ0) is 26.4. The smallest absolute Gasteiger partial charge is 0.326 e. The van der Waals surface area contributed by atoms with E-state index in [0.29, 0.717) is 25.1 Å². The van der Waals surface area contributed by atoms with Crippen molar-refractivity contribution in [2.45, 2.75) is 71.1 Å². The van der Waals surface area contributed by atoms with Crippen molar-refractivity contribution in [3.8, 4) is 0 Å². The molecule has 34 heavy (non-hydrogen) atoms. The lowest BCUT2D eigenvalue weighted by Crippen LogP contribution is -2.59. The largest absolute Gasteiger partial charge is 0.480 e. The minimum absolute atomic E-state index is 0.0442. The molecule has 0 bridgehead atoms. The van der Waals surface area contributed by atoms with Gasteiger partial charge in [0.25, 0.3) is 0 Å². The first-order chi connectivity index (χ1) is 15.8. The second-order valence-corrected chi connectivity index (χ2v) is 9.68. The highest BCUT2D eigenvalue weighted by atomic mass is 32.2. The van der Waals surface area contributed by atoms with Crippen LogP contribution in [0.1, 0.15) is 47.0 Å². The van der Waals surface area contributed by atoms with E-state index in [1.54, 1.807) is 27.7 Å². The van der Waals surface area contributed by atoms with E-state index in [9.17, 15) is 24.3 Å². The first-order valence-electron chi connectivity index (χ1n) is 11.3. The Morgan fingerprint density at radius 3 is 1.82 bits per heavy atom. The maximum absolute atomic E-state index is 13.0. The molecule has 0 saturated heterocycles. The molecule has 0 aromatic rings. The molecule has 0 aromatic carbocycles. The van der Waals surface area contributed by atoms with Crippen molar-refractivity contribution < 1.29 is 24.3 Å². The monoisotopic (exact) mass is 503 g/mol. The van der Waals surface area contributed by atoms with Gasteiger partial charge in [0.2, 0.25) is 17.7 Å². The molecule has 196 valence electrons. The number of carboxylic acids is 1. The molecule has 13 heteroatoms. The van der Waals surface area contributed by atoms with Crippen LogP contribution in [0.25, 0.3) is 0 Å². The van der Waals surface area contributed by atoms with E-state index in [-0.39, 0.29) is 24.2 Å². The molecule has 0 aliphatic rings. The van der Waals surface area contributed by atoms with Gasteiger partial charge in [0.05, 0.1) is 6.04 Å². The molecule has 0 heterocycles. The predicted octanol–water partition coefficient (Wildman–Crippen LogP) is -1.03. The number of rotatable bonds is 16. The van der Waals surface area contributed by atoms with Crippen molar-refractivity contribution in [3.05, 3.63) is 0 Å². The Balaban J connectivity index is 5.19. The number of carbonyl (C=O) groups excluding carboxylic acids is 3. The SMILES string of the molecule is CSCCC(NC(=O)C(NC(=O)C(NC(=O)C(N)CCCN=C(N)N)C(C)C)C(C)C)C(=O)O. The van der Waals surface area contributed by atoms with Crippen LogP contribution in [0.15, 0.2) is 4.99 Å². The highest BCUT2D eigenvalue weighted by molar-refractivity contribution is 7.98. The van der Waals surface area contributed by atoms with E-state index in [0.717, 1.165) is 0 Å². The van der Waals surface area contributed by atoms with Crippen LogP contribution < -0.4 is 33.2 Å². The topological polar surface area (TPSA) is 215 Å². The zero-order valence-corrected chi connectivity index (χ0v) is 21.5. The molecule has 0 aliphatic carbocycles. The van der Waals surface area contributed by atoms with Crippen LogP contribution in [0.3, 0.4) is 0 Å². The first kappa shape index (κ1) is 31.5. The Morgan fingerprint density at radius 2 is 1.38 bits per heavy atom. The van der Waals surface area contributed by atoms with Gasteiger partial charge in [-0.05, 0) is 43.1 Å². The van der Waals surface area contributed by atoms with E-state index in [1.165, 1.54) is 11.8 Å². The standard InChI is InChI=1S/C21H41N7O5S/c1-11(2)15(18(30)26-14(20(32)33)8-10-34-5)28-19(31)16(12(3)4)27-17(29)13(22)7-6-9-25-21(23)24/h11-16H,6-10,22H2,1-5H3,(H,26,30)(H,27,29)(H,28,31)(H,32,33)(H4,23,24,25). The minimum atomic E-state index is -1.14. The van der Waals surface area contributed by atoms with Crippen molar-refractivity contribution in [2.24, 2.45) is 34.0 Å². The molecule has 4 unspecified atom stereocenters. The summed E-state index contributed by atoms with van der Waals surface area (Å²) >= 11 is 1.47. The van der Waals surface area contributed by atoms with Crippen LogP contribution in [-0.4, -0.2) is 77.5 Å². The lowest BCUT2D eigenvalue weighted by atomic mass is 9.98. The van der Waals surface area contributed by atoms with Crippen LogP contribution in [0.2, 0.25) is 0 Å². The molecule has 4 atom stereocenters. The third kappa shape index (κ3) is 12.1. The summed E-state index contributed by atoms with van der Waals surface area (Å²) in [7, 11) is 0. The van der Waals surface area contributed by atoms with Gasteiger partial charge in [-0.15, -0.1) is 0 Å². The van der Waals surface area contributed by atoms with Crippen molar-refractivity contribution in [3.63, 3.8) is 0 Å². The fourth-order valence-corrected chi connectivity index (χ4v) is 3.45. The van der Waals surface area contributed by atoms with Crippen LogP contribution in [-0.2, 0) is 19.2 Å². The predicted molar refractivity (Wildman–Crippen MR) is 134 cm³/mol. The van der Waals surface area contributed by atoms with Gasteiger partial charge in [0.1, 0.15) is 18.1 Å². The highest BCUT2D eigenvalue weighted by Gasteiger charge is 2.32. The van der Waals surface area contributed by atoms with E-state index in [2.05, 4.69) is 20.9 Å². The summed E-state index contributed by atoms with van der Waals surface area (Å²) < 4.78 is 0. The van der Waals surface area contributed by atoms with Crippen LogP contribution in [0.4, 0.5) is 0 Å². The Labute approximate surface area is 205 Å². The second-order valence-electron chi connectivity index (χ2n) is 8.70. The van der Waals surface area contributed by atoms with Crippen LogP contribution >= 0.6 is 11.8 Å². The third-order valence-corrected chi connectivity index (χ3v) is 5.67. The van der Waals surface area contributed by atoms with Crippen molar-refractivity contribution in [1.29, 1.82) is 0 Å². The number of guanidine groups is 1. The molecule has 0 aliphatic heterocycles. The maximum Gasteiger partial charge on any atom is 0.326 e. The average Bonchev–Trinajstić information content (AvgIpc) is 2.74. The molecule has 0 aromatic heterocycles. The number of carbonyl (C=O) groups is 4. The number of nitrogens with two attached hydrogens (primary N) is 3. The summed E-state index contributed by atoms with van der Waals surface area (Å²) in [6, 6.07) is -3.83. The maximum atomic E-state index is 13.0. The number of thioether (sulfide) groups is 1. The lowest BCUT2D eigenvalue weighted by Gasteiger charge is -2.28. The van der Waals surface area contributed by atoms with E-state index < -0.39 is 47.9 Å². The van der Waals surface area contributed by atoms with Gasteiger partial charge >= 0.3 is 5.97 Å². The Hall–Kier alpha value is -2.54. The molecule has 10 N–H and O–H groups in total. The van der Waals surface area contributed by atoms with E-state index in [4.69, 9.17) is 17.2 Å². The van der Waals surface area contributed by atoms with E-state index >= 15 is 0 Å². The molecule has 12 nitrogen and oxygen atoms in total. The summed E-state index contributed by atoms with van der Waals surface area (Å²) in [5.41, 5.74) is 16.4. The third-order valence-electron chi connectivity index (χ3n) is 5.02. The highest BCUT2D eigenvalue weighted by Crippen LogP contribution is 2.09. The summed E-state index contributed by atoms with van der Waals surface area (Å²) in [6.07, 6.45) is 2.90. The van der Waals surface area contributed by atoms with Gasteiger partial charge in [0, 0.05) is 6.54 Å². The number of hydrogen-bond donors (Lipinski definition) is 7. The normalized spacial score (nSPS) is 14.6. The van der Waals surface area contributed by atoms with Gasteiger partial charge < -0.3 is 38.3 Å². The summed E-state index contributed by atoms with van der Waals surface area (Å²) in [4.78, 5) is 53.6. The van der Waals surface area contributed by atoms with Crippen molar-refractivity contribution in [1.82, 2.24) is 16.0 Å². The lowest BCUT2D eigenvalue weighted by molar-refractivity contribution is -0.142. The van der Waals surface area contributed by atoms with Gasteiger partial charge in [-0.3, -0.25) is 19.4 Å². The molecule has 0 spiro atoms. The van der Waals surface area contributed by atoms with Gasteiger partial charge in [-0.1, -0.05) is 27.7 Å². The zero-order valence-electron chi connectivity index (χ0n) is 20.7. The second kappa shape index (κ2) is 16.1. The minimum Gasteiger partial charge on any atom is -0.480 e. The Morgan fingerprint density at radius 1 is 0.882 bits per heavy atom. The molecular weight excluding hydrogens is 462 g/mol. The number of aliphatic imine (C=N–C) groups is 1. The Bertz CT molecular complexity index is 714. The van der Waals surface area contributed by atoms with Gasteiger partial charge in [-0.25, -0.2) is 4.79 Å². The van der Waals surface area contributed by atoms with Gasteiger partial charge in [0.15, 0.2) is 5.96 Å². The number of amides is 3. The first-order valence-corrected chi connectivity index (χ1v) is 12.6. The van der Waals surface area contributed by atoms with Crippen molar-refractivity contribution >= 4 is 41.4 Å². The van der Waals surface area contributed by atoms with E-state index in [1.807, 2.05) is 6.26 Å². The molecule has 0 radical (unpaired) electrons. The van der Waals surface area contributed by atoms with Crippen molar-refractivity contribution in [2.75, 3.05) is 18.6 Å². The molecule has 0 saturated carbocycles. The van der Waals surface area contributed by atoms with Gasteiger partial charge in [-0.2, -0.15) is 11.8 Å². The summed E-state index contributed by atoms with van der Waals surface area (Å²) in [5, 5.41) is 17.2. The molecular formula is C21H41N7O5S. The number of nitrogens with one attached hydrogen (secondary N) is 3. The summed E-state index contributed by atoms with van der Waals surface area (Å²) in [5.74, 6) is -2.89. The van der Waals surface area contributed by atoms with Crippen LogP contribution in [0, 0.1) is 11.8 Å².